The third kappa shape index (κ3) is 2.23. The van der Waals surface area contributed by atoms with Crippen LogP contribution >= 0.6 is 0 Å². The van der Waals surface area contributed by atoms with E-state index in [-0.39, 0.29) is 5.82 Å². The summed E-state index contributed by atoms with van der Waals surface area (Å²) in [7, 11) is 0. The molecule has 0 aliphatic rings. The largest absolute Gasteiger partial charge is 0.385 e. The number of aromatic nitrogens is 1. The highest BCUT2D eigenvalue weighted by molar-refractivity contribution is 5.18. The van der Waals surface area contributed by atoms with Gasteiger partial charge in [-0.05, 0) is 25.5 Å². The Morgan fingerprint density at radius 2 is 2.23 bits per heavy atom. The summed E-state index contributed by atoms with van der Waals surface area (Å²) in [6.45, 7) is 3.29. The number of aliphatic hydroxyl groups is 1. The third-order valence-electron chi connectivity index (χ3n) is 1.87. The molecule has 1 aromatic rings. The lowest BCUT2D eigenvalue weighted by Crippen LogP contribution is -2.25. The number of rotatable bonds is 2. The van der Waals surface area contributed by atoms with E-state index in [0.29, 0.717) is 11.3 Å². The first-order valence-electron chi connectivity index (χ1n) is 4.08. The van der Waals surface area contributed by atoms with Gasteiger partial charge in [-0.15, -0.1) is 0 Å². The van der Waals surface area contributed by atoms with Crippen LogP contribution in [-0.2, 0) is 0 Å². The fraction of sp³-hybridized carbons (Fsp3) is 0.444. The molecule has 72 valence electrons. The standard InChI is InChI=1S/C9H13FN2O/c1-5-3-8(9(13)6(2)11)12-4-7(5)10/h3-4,6,9,13H,11H2,1-2H3/t6-,9-/m1/s1. The molecule has 0 saturated carbocycles. The van der Waals surface area contributed by atoms with Crippen LogP contribution in [-0.4, -0.2) is 16.1 Å². The molecule has 0 fully saturated rings. The smallest absolute Gasteiger partial charge is 0.144 e. The Kier molecular flexibility index (Phi) is 2.95. The van der Waals surface area contributed by atoms with Crippen molar-refractivity contribution in [1.82, 2.24) is 4.98 Å². The molecule has 1 heterocycles. The molecule has 0 bridgehead atoms. The quantitative estimate of drug-likeness (QED) is 0.718. The topological polar surface area (TPSA) is 59.1 Å². The Morgan fingerprint density at radius 3 is 2.69 bits per heavy atom. The number of hydrogen-bond donors (Lipinski definition) is 2. The zero-order chi connectivity index (χ0) is 10.0. The Bertz CT molecular complexity index is 302. The number of aliphatic hydroxyl groups excluding tert-OH is 1. The monoisotopic (exact) mass is 184 g/mol. The fourth-order valence-electron chi connectivity index (χ4n) is 0.992. The molecule has 0 radical (unpaired) electrons. The fourth-order valence-corrected chi connectivity index (χ4v) is 0.992. The van der Waals surface area contributed by atoms with Gasteiger partial charge in [-0.1, -0.05) is 0 Å². The van der Waals surface area contributed by atoms with E-state index in [1.54, 1.807) is 13.8 Å². The van der Waals surface area contributed by atoms with Gasteiger partial charge < -0.3 is 10.8 Å². The minimum Gasteiger partial charge on any atom is -0.385 e. The predicted molar refractivity (Wildman–Crippen MR) is 47.5 cm³/mol. The van der Waals surface area contributed by atoms with E-state index in [1.807, 2.05) is 0 Å². The van der Waals surface area contributed by atoms with Crippen molar-refractivity contribution in [1.29, 1.82) is 0 Å². The summed E-state index contributed by atoms with van der Waals surface area (Å²) >= 11 is 0. The Hall–Kier alpha value is -1.00. The molecule has 4 heteroatoms. The van der Waals surface area contributed by atoms with Crippen LogP contribution in [0.15, 0.2) is 12.3 Å². The van der Waals surface area contributed by atoms with Gasteiger partial charge in [0.2, 0.25) is 0 Å². The van der Waals surface area contributed by atoms with Crippen molar-refractivity contribution in [3.63, 3.8) is 0 Å². The lowest BCUT2D eigenvalue weighted by molar-refractivity contribution is 0.148. The molecule has 1 aromatic heterocycles. The van der Waals surface area contributed by atoms with Gasteiger partial charge in [0.1, 0.15) is 11.9 Å². The summed E-state index contributed by atoms with van der Waals surface area (Å²) in [5, 5.41) is 9.50. The molecule has 3 N–H and O–H groups in total. The second kappa shape index (κ2) is 3.81. The van der Waals surface area contributed by atoms with Crippen LogP contribution in [0.3, 0.4) is 0 Å². The van der Waals surface area contributed by atoms with E-state index in [0.717, 1.165) is 6.20 Å². The minimum atomic E-state index is -0.834. The first-order valence-corrected chi connectivity index (χ1v) is 4.08. The highest BCUT2D eigenvalue weighted by Gasteiger charge is 2.14. The SMILES string of the molecule is Cc1cc([C@H](O)[C@@H](C)N)ncc1F. The summed E-state index contributed by atoms with van der Waals surface area (Å²) in [5.41, 5.74) is 6.35. The van der Waals surface area contributed by atoms with Crippen LogP contribution in [0, 0.1) is 12.7 Å². The molecule has 2 atom stereocenters. The van der Waals surface area contributed by atoms with Gasteiger partial charge in [0.05, 0.1) is 11.9 Å². The number of nitrogens with zero attached hydrogens (tertiary/aromatic N) is 1. The molecule has 0 aliphatic carbocycles. The van der Waals surface area contributed by atoms with Gasteiger partial charge in [0.25, 0.3) is 0 Å². The molecule has 0 saturated heterocycles. The minimum absolute atomic E-state index is 0.374. The first-order chi connectivity index (χ1) is 6.02. The molecule has 0 spiro atoms. The van der Waals surface area contributed by atoms with E-state index in [4.69, 9.17) is 5.73 Å². The van der Waals surface area contributed by atoms with E-state index >= 15 is 0 Å². The molecular formula is C9H13FN2O. The molecule has 0 aliphatic heterocycles. The predicted octanol–water partition coefficient (Wildman–Crippen LogP) is 0.910. The van der Waals surface area contributed by atoms with Crippen molar-refractivity contribution in [2.45, 2.75) is 26.0 Å². The lowest BCUT2D eigenvalue weighted by atomic mass is 10.1. The summed E-state index contributed by atoms with van der Waals surface area (Å²) in [6.07, 6.45) is 0.260. The maximum Gasteiger partial charge on any atom is 0.144 e. The van der Waals surface area contributed by atoms with Crippen molar-refractivity contribution in [3.8, 4) is 0 Å². The second-order valence-corrected chi connectivity index (χ2v) is 3.16. The number of nitrogens with two attached hydrogens (primary N) is 1. The summed E-state index contributed by atoms with van der Waals surface area (Å²) in [6, 6.07) is 1.10. The van der Waals surface area contributed by atoms with Crippen molar-refractivity contribution < 1.29 is 9.50 Å². The number of halogens is 1. The number of hydrogen-bond acceptors (Lipinski definition) is 3. The van der Waals surface area contributed by atoms with Gasteiger partial charge in [0.15, 0.2) is 0 Å². The Labute approximate surface area is 76.4 Å². The molecule has 1 rings (SSSR count). The van der Waals surface area contributed by atoms with Crippen molar-refractivity contribution >= 4 is 0 Å². The zero-order valence-corrected chi connectivity index (χ0v) is 7.66. The van der Waals surface area contributed by atoms with Crippen molar-refractivity contribution in [2.24, 2.45) is 5.73 Å². The van der Waals surface area contributed by atoms with Gasteiger partial charge >= 0.3 is 0 Å². The van der Waals surface area contributed by atoms with Crippen LogP contribution in [0.4, 0.5) is 4.39 Å². The third-order valence-corrected chi connectivity index (χ3v) is 1.87. The second-order valence-electron chi connectivity index (χ2n) is 3.16. The number of aryl methyl sites for hydroxylation is 1. The van der Waals surface area contributed by atoms with Crippen LogP contribution < -0.4 is 5.73 Å². The normalized spacial score (nSPS) is 15.5. The maximum absolute atomic E-state index is 12.8. The Balaban J connectivity index is 2.97. The van der Waals surface area contributed by atoms with E-state index in [2.05, 4.69) is 4.98 Å². The van der Waals surface area contributed by atoms with Crippen LogP contribution in [0.1, 0.15) is 24.3 Å². The van der Waals surface area contributed by atoms with E-state index in [9.17, 15) is 9.50 Å². The van der Waals surface area contributed by atoms with Crippen molar-refractivity contribution in [2.75, 3.05) is 0 Å². The zero-order valence-electron chi connectivity index (χ0n) is 7.66. The highest BCUT2D eigenvalue weighted by atomic mass is 19.1. The van der Waals surface area contributed by atoms with E-state index < -0.39 is 12.1 Å². The maximum atomic E-state index is 12.8. The first kappa shape index (κ1) is 10.1. The van der Waals surface area contributed by atoms with E-state index in [1.165, 1.54) is 6.07 Å². The van der Waals surface area contributed by atoms with Gasteiger partial charge in [0, 0.05) is 6.04 Å². The van der Waals surface area contributed by atoms with Crippen molar-refractivity contribution in [3.05, 3.63) is 29.3 Å². The number of pyridine rings is 1. The Morgan fingerprint density at radius 1 is 1.62 bits per heavy atom. The van der Waals surface area contributed by atoms with Crippen LogP contribution in [0.5, 0.6) is 0 Å². The average Bonchev–Trinajstić information content (AvgIpc) is 2.08. The molecule has 0 amide bonds. The van der Waals surface area contributed by atoms with Gasteiger partial charge in [-0.25, -0.2) is 4.39 Å². The lowest BCUT2D eigenvalue weighted by Gasteiger charge is -2.13. The molecule has 13 heavy (non-hydrogen) atoms. The summed E-state index contributed by atoms with van der Waals surface area (Å²) < 4.78 is 12.8. The molecule has 0 aromatic carbocycles. The van der Waals surface area contributed by atoms with Crippen LogP contribution in [0.25, 0.3) is 0 Å². The highest BCUT2D eigenvalue weighted by Crippen LogP contribution is 2.15. The average molecular weight is 184 g/mol. The molecule has 3 nitrogen and oxygen atoms in total. The van der Waals surface area contributed by atoms with Crippen LogP contribution in [0.2, 0.25) is 0 Å². The van der Waals surface area contributed by atoms with Gasteiger partial charge in [-0.3, -0.25) is 4.98 Å². The van der Waals surface area contributed by atoms with Gasteiger partial charge in [-0.2, -0.15) is 0 Å². The summed E-state index contributed by atoms with van der Waals surface area (Å²) in [4.78, 5) is 3.76. The molecule has 0 unspecified atom stereocenters. The summed E-state index contributed by atoms with van der Waals surface area (Å²) in [5.74, 6) is -0.374. The molecular weight excluding hydrogens is 171 g/mol.